The molecule has 0 fully saturated rings. The van der Waals surface area contributed by atoms with E-state index in [2.05, 4.69) is 6.58 Å². The molecule has 0 heterocycles. The number of allylic oxidation sites excluding steroid dienone is 1. The molecule has 1 unspecified atom stereocenters. The monoisotopic (exact) mass is 249 g/mol. The van der Waals surface area contributed by atoms with Crippen molar-refractivity contribution < 1.29 is 9.47 Å². The molecule has 1 aromatic rings. The van der Waals surface area contributed by atoms with Gasteiger partial charge in [0.25, 0.3) is 0 Å². The molecule has 0 aliphatic rings. The summed E-state index contributed by atoms with van der Waals surface area (Å²) in [6, 6.07) is 6.11. The van der Waals surface area contributed by atoms with Crippen LogP contribution in [0.5, 0.6) is 11.5 Å². The van der Waals surface area contributed by atoms with E-state index in [9.17, 15) is 0 Å². The molecule has 100 valence electrons. The minimum absolute atomic E-state index is 0.145. The van der Waals surface area contributed by atoms with E-state index in [1.54, 1.807) is 7.11 Å². The van der Waals surface area contributed by atoms with Gasteiger partial charge in [0, 0.05) is 6.04 Å². The van der Waals surface area contributed by atoms with E-state index in [1.165, 1.54) is 5.56 Å². The van der Waals surface area contributed by atoms with Gasteiger partial charge in [-0.05, 0) is 43.9 Å². The van der Waals surface area contributed by atoms with Crippen LogP contribution in [0.4, 0.5) is 0 Å². The van der Waals surface area contributed by atoms with E-state index < -0.39 is 0 Å². The van der Waals surface area contributed by atoms with Crippen molar-refractivity contribution in [3.8, 4) is 11.5 Å². The standard InChI is InChI=1S/C15H23NO2/c1-4-5-6-9-18-15-11-13(10-12(2)16)7-8-14(15)17-3/h4,7-8,11-12H,1,5-6,9-10,16H2,2-3H3. The lowest BCUT2D eigenvalue weighted by molar-refractivity contribution is 0.290. The van der Waals surface area contributed by atoms with Crippen molar-refractivity contribution in [2.24, 2.45) is 5.73 Å². The van der Waals surface area contributed by atoms with Gasteiger partial charge in [-0.2, -0.15) is 0 Å². The predicted molar refractivity (Wildman–Crippen MR) is 75.3 cm³/mol. The molecule has 2 N–H and O–H groups in total. The molecule has 1 atom stereocenters. The lowest BCUT2D eigenvalue weighted by Crippen LogP contribution is -2.17. The lowest BCUT2D eigenvalue weighted by Gasteiger charge is -2.13. The quantitative estimate of drug-likeness (QED) is 0.569. The number of ether oxygens (including phenoxy) is 2. The number of nitrogens with two attached hydrogens (primary N) is 1. The molecule has 0 saturated heterocycles. The van der Waals surface area contributed by atoms with E-state index in [0.29, 0.717) is 6.61 Å². The highest BCUT2D eigenvalue weighted by molar-refractivity contribution is 5.43. The molecule has 3 heteroatoms. The Bertz CT molecular complexity index is 375. The molecule has 3 nitrogen and oxygen atoms in total. The summed E-state index contributed by atoms with van der Waals surface area (Å²) in [4.78, 5) is 0. The maximum absolute atomic E-state index is 5.80. The van der Waals surface area contributed by atoms with Gasteiger partial charge in [0.2, 0.25) is 0 Å². The first-order valence-corrected chi connectivity index (χ1v) is 6.33. The van der Waals surface area contributed by atoms with Gasteiger partial charge in [-0.3, -0.25) is 0 Å². The fourth-order valence-corrected chi connectivity index (χ4v) is 1.74. The maximum Gasteiger partial charge on any atom is 0.161 e. The second-order valence-corrected chi connectivity index (χ2v) is 4.45. The maximum atomic E-state index is 5.80. The fraction of sp³-hybridized carbons (Fsp3) is 0.467. The van der Waals surface area contributed by atoms with Gasteiger partial charge in [-0.15, -0.1) is 6.58 Å². The number of hydrogen-bond donors (Lipinski definition) is 1. The summed E-state index contributed by atoms with van der Waals surface area (Å²) in [5, 5.41) is 0. The average molecular weight is 249 g/mol. The van der Waals surface area contributed by atoms with Crippen LogP contribution in [0.3, 0.4) is 0 Å². The molecule has 0 aromatic heterocycles. The van der Waals surface area contributed by atoms with Crippen molar-refractivity contribution in [2.75, 3.05) is 13.7 Å². The Balaban J connectivity index is 2.68. The Morgan fingerprint density at radius 2 is 2.17 bits per heavy atom. The Labute approximate surface area is 110 Å². The third kappa shape index (κ3) is 4.80. The van der Waals surface area contributed by atoms with E-state index in [-0.39, 0.29) is 6.04 Å². The SMILES string of the molecule is C=CCCCOc1cc(CC(C)N)ccc1OC. The third-order valence-electron chi connectivity index (χ3n) is 2.60. The number of hydrogen-bond acceptors (Lipinski definition) is 3. The van der Waals surface area contributed by atoms with Crippen molar-refractivity contribution in [1.29, 1.82) is 0 Å². The third-order valence-corrected chi connectivity index (χ3v) is 2.60. The van der Waals surface area contributed by atoms with Gasteiger partial charge >= 0.3 is 0 Å². The van der Waals surface area contributed by atoms with Gasteiger partial charge in [0.15, 0.2) is 11.5 Å². The van der Waals surface area contributed by atoms with E-state index in [4.69, 9.17) is 15.2 Å². The van der Waals surface area contributed by atoms with Crippen LogP contribution in [0.1, 0.15) is 25.3 Å². The molecule has 18 heavy (non-hydrogen) atoms. The normalized spacial score (nSPS) is 11.9. The minimum Gasteiger partial charge on any atom is -0.493 e. The van der Waals surface area contributed by atoms with Crippen LogP contribution in [-0.4, -0.2) is 19.8 Å². The van der Waals surface area contributed by atoms with Crippen LogP contribution in [0.25, 0.3) is 0 Å². The highest BCUT2D eigenvalue weighted by Gasteiger charge is 2.07. The molecular weight excluding hydrogens is 226 g/mol. The predicted octanol–water partition coefficient (Wildman–Crippen LogP) is 2.93. The van der Waals surface area contributed by atoms with Crippen LogP contribution >= 0.6 is 0 Å². The summed E-state index contributed by atoms with van der Waals surface area (Å²) >= 11 is 0. The molecule has 1 aromatic carbocycles. The molecule has 0 spiro atoms. The van der Waals surface area contributed by atoms with Gasteiger partial charge in [0.05, 0.1) is 13.7 Å². The summed E-state index contributed by atoms with van der Waals surface area (Å²) in [5.41, 5.74) is 6.97. The number of benzene rings is 1. The molecule has 0 aliphatic carbocycles. The molecule has 0 bridgehead atoms. The first-order chi connectivity index (χ1) is 8.67. The summed E-state index contributed by atoms with van der Waals surface area (Å²) in [7, 11) is 1.65. The van der Waals surface area contributed by atoms with Crippen LogP contribution in [0, 0.1) is 0 Å². The summed E-state index contributed by atoms with van der Waals surface area (Å²) in [5.74, 6) is 1.56. The van der Waals surface area contributed by atoms with Crippen LogP contribution in [0.2, 0.25) is 0 Å². The zero-order chi connectivity index (χ0) is 13.4. The lowest BCUT2D eigenvalue weighted by atomic mass is 10.1. The van der Waals surface area contributed by atoms with Crippen molar-refractivity contribution in [3.05, 3.63) is 36.4 Å². The average Bonchev–Trinajstić information content (AvgIpc) is 2.34. The topological polar surface area (TPSA) is 44.5 Å². The number of unbranched alkanes of at least 4 members (excludes halogenated alkanes) is 1. The van der Waals surface area contributed by atoms with Gasteiger partial charge in [0.1, 0.15) is 0 Å². The van der Waals surface area contributed by atoms with Gasteiger partial charge in [-0.1, -0.05) is 12.1 Å². The smallest absolute Gasteiger partial charge is 0.161 e. The number of methoxy groups -OCH3 is 1. The van der Waals surface area contributed by atoms with Gasteiger partial charge in [-0.25, -0.2) is 0 Å². The largest absolute Gasteiger partial charge is 0.493 e. The van der Waals surface area contributed by atoms with Crippen molar-refractivity contribution in [2.45, 2.75) is 32.2 Å². The summed E-state index contributed by atoms with van der Waals surface area (Å²) < 4.78 is 11.0. The van der Waals surface area contributed by atoms with E-state index in [0.717, 1.165) is 30.8 Å². The van der Waals surface area contributed by atoms with Crippen LogP contribution < -0.4 is 15.2 Å². The molecule has 0 amide bonds. The molecule has 0 radical (unpaired) electrons. The van der Waals surface area contributed by atoms with Gasteiger partial charge < -0.3 is 15.2 Å². The molecule has 0 saturated carbocycles. The molecular formula is C15H23NO2. The zero-order valence-electron chi connectivity index (χ0n) is 11.3. The van der Waals surface area contributed by atoms with Crippen LogP contribution in [-0.2, 0) is 6.42 Å². The van der Waals surface area contributed by atoms with E-state index in [1.807, 2.05) is 31.2 Å². The Morgan fingerprint density at radius 1 is 1.39 bits per heavy atom. The van der Waals surface area contributed by atoms with Crippen molar-refractivity contribution in [1.82, 2.24) is 0 Å². The second-order valence-electron chi connectivity index (χ2n) is 4.45. The van der Waals surface area contributed by atoms with Crippen molar-refractivity contribution in [3.63, 3.8) is 0 Å². The highest BCUT2D eigenvalue weighted by Crippen LogP contribution is 2.28. The first kappa shape index (κ1) is 14.6. The second kappa shape index (κ2) is 7.77. The first-order valence-electron chi connectivity index (χ1n) is 6.33. The Hall–Kier alpha value is -1.48. The molecule has 1 rings (SSSR count). The van der Waals surface area contributed by atoms with Crippen molar-refractivity contribution >= 4 is 0 Å². The Morgan fingerprint density at radius 3 is 2.78 bits per heavy atom. The molecule has 0 aliphatic heterocycles. The fourth-order valence-electron chi connectivity index (χ4n) is 1.74. The van der Waals surface area contributed by atoms with Crippen LogP contribution in [0.15, 0.2) is 30.9 Å². The minimum atomic E-state index is 0.145. The Kier molecular flexibility index (Phi) is 6.29. The zero-order valence-corrected chi connectivity index (χ0v) is 11.3. The van der Waals surface area contributed by atoms with E-state index >= 15 is 0 Å². The highest BCUT2D eigenvalue weighted by atomic mass is 16.5. The summed E-state index contributed by atoms with van der Waals surface area (Å²) in [6.45, 7) is 6.36. The summed E-state index contributed by atoms with van der Waals surface area (Å²) in [6.07, 6.45) is 4.66. The number of rotatable bonds is 8.